The van der Waals surface area contributed by atoms with E-state index in [1.54, 1.807) is 24.3 Å². The fraction of sp³-hybridized carbons (Fsp3) is 0.316. The highest BCUT2D eigenvalue weighted by Gasteiger charge is 2.23. The second kappa shape index (κ2) is 7.61. The number of nitrogens with zero attached hydrogens (tertiary/aromatic N) is 1. The van der Waals surface area contributed by atoms with Crippen molar-refractivity contribution in [2.75, 3.05) is 25.4 Å². The van der Waals surface area contributed by atoms with Gasteiger partial charge in [-0.05, 0) is 54.8 Å². The Hall–Kier alpha value is -2.47. The summed E-state index contributed by atoms with van der Waals surface area (Å²) < 4.78 is 26.5. The zero-order valence-electron chi connectivity index (χ0n) is 13.8. The Morgan fingerprint density at radius 3 is 2.68 bits per heavy atom. The maximum atomic E-state index is 13.3. The SMILES string of the molecule is Nc1cccc(C(=O)NCC2CCN(Cc3cc(F)cc(F)c3)C2)c1. The third-order valence-electron chi connectivity index (χ3n) is 4.40. The Kier molecular flexibility index (Phi) is 5.28. The standard InChI is InChI=1S/C19H21F2N3O/c20-16-6-14(7-17(21)9-16)12-24-5-4-13(11-24)10-23-19(25)15-2-1-3-18(22)8-15/h1-3,6-9,13H,4-5,10-12,22H2,(H,23,25). The molecule has 0 radical (unpaired) electrons. The number of benzene rings is 2. The summed E-state index contributed by atoms with van der Waals surface area (Å²) in [5.41, 5.74) is 7.42. The van der Waals surface area contributed by atoms with E-state index in [9.17, 15) is 13.6 Å². The highest BCUT2D eigenvalue weighted by atomic mass is 19.1. The van der Waals surface area contributed by atoms with Gasteiger partial charge < -0.3 is 11.1 Å². The molecule has 0 saturated carbocycles. The third-order valence-corrected chi connectivity index (χ3v) is 4.40. The lowest BCUT2D eigenvalue weighted by atomic mass is 10.1. The van der Waals surface area contributed by atoms with Crippen LogP contribution in [0.5, 0.6) is 0 Å². The van der Waals surface area contributed by atoms with Gasteiger partial charge in [0.2, 0.25) is 0 Å². The number of hydrogen-bond acceptors (Lipinski definition) is 3. The Morgan fingerprint density at radius 1 is 1.20 bits per heavy atom. The summed E-state index contributed by atoms with van der Waals surface area (Å²) in [6.45, 7) is 2.71. The van der Waals surface area contributed by atoms with E-state index in [1.807, 2.05) is 0 Å². The largest absolute Gasteiger partial charge is 0.399 e. The number of amides is 1. The van der Waals surface area contributed by atoms with Gasteiger partial charge in [-0.2, -0.15) is 0 Å². The molecule has 1 aliphatic rings. The van der Waals surface area contributed by atoms with Gasteiger partial charge in [-0.25, -0.2) is 8.78 Å². The molecule has 0 aromatic heterocycles. The number of nitrogen functional groups attached to an aromatic ring is 1. The van der Waals surface area contributed by atoms with Gasteiger partial charge in [0.05, 0.1) is 0 Å². The summed E-state index contributed by atoms with van der Waals surface area (Å²) in [6.07, 6.45) is 0.939. The first-order valence-electron chi connectivity index (χ1n) is 8.30. The maximum absolute atomic E-state index is 13.3. The van der Waals surface area contributed by atoms with Crippen LogP contribution in [0.3, 0.4) is 0 Å². The van der Waals surface area contributed by atoms with Gasteiger partial charge in [-0.3, -0.25) is 9.69 Å². The highest BCUT2D eigenvalue weighted by Crippen LogP contribution is 2.19. The number of rotatable bonds is 5. The first-order chi connectivity index (χ1) is 12.0. The van der Waals surface area contributed by atoms with Crippen LogP contribution in [0.2, 0.25) is 0 Å². The molecular weight excluding hydrogens is 324 g/mol. The number of halogens is 2. The fourth-order valence-electron chi connectivity index (χ4n) is 3.20. The molecule has 1 fully saturated rings. The lowest BCUT2D eigenvalue weighted by Crippen LogP contribution is -2.31. The predicted octanol–water partition coefficient (Wildman–Crippen LogP) is 2.80. The first kappa shape index (κ1) is 17.4. The zero-order chi connectivity index (χ0) is 17.8. The third kappa shape index (κ3) is 4.76. The predicted molar refractivity (Wildman–Crippen MR) is 92.9 cm³/mol. The van der Waals surface area contributed by atoms with Crippen molar-refractivity contribution in [1.82, 2.24) is 10.2 Å². The van der Waals surface area contributed by atoms with Crippen LogP contribution in [0.1, 0.15) is 22.3 Å². The molecular formula is C19H21F2N3O. The minimum Gasteiger partial charge on any atom is -0.399 e. The summed E-state index contributed by atoms with van der Waals surface area (Å²) in [6, 6.07) is 10.5. The van der Waals surface area contributed by atoms with Crippen LogP contribution in [0.25, 0.3) is 0 Å². The van der Waals surface area contributed by atoms with Gasteiger partial charge in [-0.15, -0.1) is 0 Å². The summed E-state index contributed by atoms with van der Waals surface area (Å²) in [5.74, 6) is -0.929. The Labute approximate surface area is 145 Å². The molecule has 2 aromatic carbocycles. The van der Waals surface area contributed by atoms with Crippen LogP contribution in [0.15, 0.2) is 42.5 Å². The van der Waals surface area contributed by atoms with Crippen LogP contribution < -0.4 is 11.1 Å². The van der Waals surface area contributed by atoms with Crippen molar-refractivity contribution in [3.8, 4) is 0 Å². The number of carbonyl (C=O) groups is 1. The minimum atomic E-state index is -0.555. The monoisotopic (exact) mass is 345 g/mol. The van der Waals surface area contributed by atoms with Crippen molar-refractivity contribution in [3.63, 3.8) is 0 Å². The van der Waals surface area contributed by atoms with Crippen molar-refractivity contribution in [3.05, 3.63) is 65.2 Å². The second-order valence-corrected chi connectivity index (χ2v) is 6.50. The zero-order valence-corrected chi connectivity index (χ0v) is 13.8. The topological polar surface area (TPSA) is 58.4 Å². The summed E-state index contributed by atoms with van der Waals surface area (Å²) in [4.78, 5) is 14.3. The molecule has 0 bridgehead atoms. The fourth-order valence-corrected chi connectivity index (χ4v) is 3.20. The van der Waals surface area contributed by atoms with Crippen molar-refractivity contribution < 1.29 is 13.6 Å². The molecule has 3 rings (SSSR count). The van der Waals surface area contributed by atoms with Crippen molar-refractivity contribution in [1.29, 1.82) is 0 Å². The molecule has 4 nitrogen and oxygen atoms in total. The quantitative estimate of drug-likeness (QED) is 0.820. The van der Waals surface area contributed by atoms with Gasteiger partial charge in [0, 0.05) is 37.0 Å². The number of nitrogens with one attached hydrogen (secondary N) is 1. The molecule has 0 aliphatic carbocycles. The molecule has 6 heteroatoms. The molecule has 25 heavy (non-hydrogen) atoms. The minimum absolute atomic E-state index is 0.141. The molecule has 132 valence electrons. The lowest BCUT2D eigenvalue weighted by Gasteiger charge is -2.16. The summed E-state index contributed by atoms with van der Waals surface area (Å²) in [7, 11) is 0. The van der Waals surface area contributed by atoms with E-state index in [0.717, 1.165) is 25.6 Å². The molecule has 1 saturated heterocycles. The van der Waals surface area contributed by atoms with E-state index in [2.05, 4.69) is 10.2 Å². The molecule has 0 spiro atoms. The van der Waals surface area contributed by atoms with Crippen LogP contribution in [0, 0.1) is 17.6 Å². The number of anilines is 1. The van der Waals surface area contributed by atoms with E-state index >= 15 is 0 Å². The smallest absolute Gasteiger partial charge is 0.251 e. The van der Waals surface area contributed by atoms with E-state index in [4.69, 9.17) is 5.73 Å². The second-order valence-electron chi connectivity index (χ2n) is 6.50. The number of nitrogens with two attached hydrogens (primary N) is 1. The first-order valence-corrected chi connectivity index (χ1v) is 8.30. The average molecular weight is 345 g/mol. The summed E-state index contributed by atoms with van der Waals surface area (Å²) in [5, 5.41) is 2.93. The van der Waals surface area contributed by atoms with Crippen LogP contribution in [-0.2, 0) is 6.54 Å². The Bertz CT molecular complexity index is 746. The van der Waals surface area contributed by atoms with Gasteiger partial charge in [0.1, 0.15) is 11.6 Å². The molecule has 1 unspecified atom stereocenters. The van der Waals surface area contributed by atoms with Gasteiger partial charge >= 0.3 is 0 Å². The number of hydrogen-bond donors (Lipinski definition) is 2. The normalized spacial score (nSPS) is 17.6. The molecule has 1 heterocycles. The van der Waals surface area contributed by atoms with E-state index in [0.29, 0.717) is 35.8 Å². The van der Waals surface area contributed by atoms with Gasteiger partial charge in [0.25, 0.3) is 5.91 Å². The van der Waals surface area contributed by atoms with E-state index in [-0.39, 0.29) is 5.91 Å². The summed E-state index contributed by atoms with van der Waals surface area (Å²) >= 11 is 0. The maximum Gasteiger partial charge on any atom is 0.251 e. The van der Waals surface area contributed by atoms with Crippen molar-refractivity contribution >= 4 is 11.6 Å². The molecule has 1 atom stereocenters. The molecule has 3 N–H and O–H groups in total. The number of carbonyl (C=O) groups excluding carboxylic acids is 1. The van der Waals surface area contributed by atoms with Gasteiger partial charge in [0.15, 0.2) is 0 Å². The van der Waals surface area contributed by atoms with Crippen molar-refractivity contribution in [2.45, 2.75) is 13.0 Å². The van der Waals surface area contributed by atoms with Crippen LogP contribution in [0.4, 0.5) is 14.5 Å². The molecule has 1 amide bonds. The highest BCUT2D eigenvalue weighted by molar-refractivity contribution is 5.94. The molecule has 1 aliphatic heterocycles. The Balaban J connectivity index is 1.49. The average Bonchev–Trinajstić information content (AvgIpc) is 2.99. The van der Waals surface area contributed by atoms with Crippen LogP contribution >= 0.6 is 0 Å². The number of likely N-dealkylation sites (tertiary alicyclic amines) is 1. The van der Waals surface area contributed by atoms with Crippen molar-refractivity contribution in [2.24, 2.45) is 5.92 Å². The van der Waals surface area contributed by atoms with E-state index in [1.165, 1.54) is 12.1 Å². The Morgan fingerprint density at radius 2 is 1.96 bits per heavy atom. The molecule has 2 aromatic rings. The van der Waals surface area contributed by atoms with Gasteiger partial charge in [-0.1, -0.05) is 6.07 Å². The van der Waals surface area contributed by atoms with Crippen LogP contribution in [-0.4, -0.2) is 30.4 Å². The van der Waals surface area contributed by atoms with E-state index < -0.39 is 11.6 Å². The lowest BCUT2D eigenvalue weighted by molar-refractivity contribution is 0.0947.